The lowest BCUT2D eigenvalue weighted by Gasteiger charge is -2.10. The first-order valence-electron chi connectivity index (χ1n) is 10.3. The summed E-state index contributed by atoms with van der Waals surface area (Å²) in [6.07, 6.45) is 1.66. The first-order valence-corrected chi connectivity index (χ1v) is 10.3. The van der Waals surface area contributed by atoms with Crippen molar-refractivity contribution < 1.29 is 14.6 Å². The smallest absolute Gasteiger partial charge is 0.255 e. The van der Waals surface area contributed by atoms with E-state index in [1.165, 1.54) is 0 Å². The Balaban J connectivity index is 1.57. The van der Waals surface area contributed by atoms with Gasteiger partial charge in [0.25, 0.3) is 5.88 Å². The van der Waals surface area contributed by atoms with E-state index in [2.05, 4.69) is 26.8 Å². The van der Waals surface area contributed by atoms with Gasteiger partial charge in [0.1, 0.15) is 17.0 Å². The molecule has 2 heterocycles. The number of para-hydroxylation sites is 1. The first kappa shape index (κ1) is 20.4. The average Bonchev–Trinajstić information content (AvgIpc) is 2.87. The Morgan fingerprint density at radius 3 is 2.61 bits per heavy atom. The summed E-state index contributed by atoms with van der Waals surface area (Å²) in [4.78, 5) is 13.4. The second-order valence-corrected chi connectivity index (χ2v) is 7.27. The van der Waals surface area contributed by atoms with Crippen molar-refractivity contribution in [3.05, 3.63) is 95.8 Å². The molecule has 0 aliphatic rings. The van der Waals surface area contributed by atoms with Crippen LogP contribution in [0, 0.1) is 11.8 Å². The molecule has 0 unspecified atom stereocenters. The molecular formula is C27H19N3O3. The van der Waals surface area contributed by atoms with E-state index in [0.717, 1.165) is 22.1 Å². The molecule has 0 atom stereocenters. The van der Waals surface area contributed by atoms with Crippen LogP contribution in [0.3, 0.4) is 0 Å². The number of fused-ring (bicyclic) bond motifs is 2. The number of ether oxygens (including phenoxy) is 2. The molecule has 2 aromatic heterocycles. The van der Waals surface area contributed by atoms with E-state index in [9.17, 15) is 5.11 Å². The molecule has 1 N–H and O–H groups in total. The number of aliphatic hydroxyl groups excluding tert-OH is 1. The molecule has 5 aromatic rings. The minimum absolute atomic E-state index is 0.151. The summed E-state index contributed by atoms with van der Waals surface area (Å²) in [5, 5.41) is 11.8. The molecule has 0 aliphatic carbocycles. The fourth-order valence-electron chi connectivity index (χ4n) is 3.43. The third-order valence-corrected chi connectivity index (χ3v) is 5.13. The number of aromatic nitrogens is 3. The van der Waals surface area contributed by atoms with Crippen LogP contribution in [0.15, 0.2) is 79.0 Å². The van der Waals surface area contributed by atoms with Crippen molar-refractivity contribution in [2.24, 2.45) is 0 Å². The van der Waals surface area contributed by atoms with Gasteiger partial charge in [-0.25, -0.2) is 15.0 Å². The van der Waals surface area contributed by atoms with Gasteiger partial charge >= 0.3 is 0 Å². The Morgan fingerprint density at radius 2 is 1.73 bits per heavy atom. The molecule has 3 aromatic carbocycles. The van der Waals surface area contributed by atoms with Crippen molar-refractivity contribution in [3.8, 4) is 29.2 Å². The monoisotopic (exact) mass is 433 g/mol. The first-order chi connectivity index (χ1) is 16.2. The predicted molar refractivity (Wildman–Crippen MR) is 126 cm³/mol. The molecule has 0 saturated carbocycles. The van der Waals surface area contributed by atoms with Crippen LogP contribution in [0.2, 0.25) is 0 Å². The van der Waals surface area contributed by atoms with Crippen LogP contribution in [0.5, 0.6) is 17.4 Å². The lowest BCUT2D eigenvalue weighted by Crippen LogP contribution is -1.99. The number of hydrogen-bond donors (Lipinski definition) is 1. The molecule has 0 spiro atoms. The molecule has 0 saturated heterocycles. The van der Waals surface area contributed by atoms with Crippen molar-refractivity contribution in [2.75, 3.05) is 7.11 Å². The molecule has 0 bridgehead atoms. The number of hydrogen-bond acceptors (Lipinski definition) is 6. The highest BCUT2D eigenvalue weighted by molar-refractivity contribution is 5.85. The van der Waals surface area contributed by atoms with Gasteiger partial charge in [0.05, 0.1) is 13.7 Å². The number of pyridine rings is 1. The van der Waals surface area contributed by atoms with E-state index in [1.807, 2.05) is 54.6 Å². The fourth-order valence-corrected chi connectivity index (χ4v) is 3.43. The fraction of sp³-hybridized carbons (Fsp3) is 0.0741. The number of methoxy groups -OCH3 is 1. The number of nitrogens with zero attached hydrogens (tertiary/aromatic N) is 3. The standard InChI is InChI=1S/C27H19N3O3/c1-32-22-12-11-19-15-18(8-10-20(19)16-22)9-13-24-27(30-23-6-4-14-28-26(23)29-24)33-25-7-3-2-5-21(25)17-31/h2-8,10-12,14-16,31H,17H2,1H3. The molecule has 160 valence electrons. The summed E-state index contributed by atoms with van der Waals surface area (Å²) in [5.74, 6) is 7.82. The minimum Gasteiger partial charge on any atom is -0.497 e. The molecule has 0 radical (unpaired) electrons. The summed E-state index contributed by atoms with van der Waals surface area (Å²) < 4.78 is 11.3. The van der Waals surface area contributed by atoms with Gasteiger partial charge in [-0.3, -0.25) is 0 Å². The molecule has 0 aliphatic heterocycles. The van der Waals surface area contributed by atoms with E-state index >= 15 is 0 Å². The van der Waals surface area contributed by atoms with Gasteiger partial charge in [0.15, 0.2) is 11.3 Å². The van der Waals surface area contributed by atoms with Crippen LogP contribution in [0.4, 0.5) is 0 Å². The molecule has 6 nitrogen and oxygen atoms in total. The third kappa shape index (κ3) is 4.31. The van der Waals surface area contributed by atoms with E-state index in [4.69, 9.17) is 9.47 Å². The molecule has 5 rings (SSSR count). The van der Waals surface area contributed by atoms with Gasteiger partial charge in [-0.2, -0.15) is 0 Å². The Labute approximate surface area is 190 Å². The summed E-state index contributed by atoms with van der Waals surface area (Å²) in [6.45, 7) is -0.151. The van der Waals surface area contributed by atoms with Crippen LogP contribution < -0.4 is 9.47 Å². The minimum atomic E-state index is -0.151. The SMILES string of the molecule is COc1ccc2cc(C#Cc3nc4ncccc4nc3Oc3ccccc3CO)ccc2c1. The molecule has 0 fully saturated rings. The largest absolute Gasteiger partial charge is 0.497 e. The molecular weight excluding hydrogens is 414 g/mol. The van der Waals surface area contributed by atoms with E-state index in [0.29, 0.717) is 28.2 Å². The summed E-state index contributed by atoms with van der Waals surface area (Å²) in [6, 6.07) is 22.7. The van der Waals surface area contributed by atoms with Crippen LogP contribution >= 0.6 is 0 Å². The summed E-state index contributed by atoms with van der Waals surface area (Å²) >= 11 is 0. The number of benzene rings is 3. The van der Waals surface area contributed by atoms with Crippen molar-refractivity contribution in [1.82, 2.24) is 15.0 Å². The average molecular weight is 433 g/mol. The third-order valence-electron chi connectivity index (χ3n) is 5.13. The van der Waals surface area contributed by atoms with Crippen molar-refractivity contribution in [2.45, 2.75) is 6.61 Å². The van der Waals surface area contributed by atoms with Gasteiger partial charge in [0.2, 0.25) is 0 Å². The number of rotatable bonds is 4. The highest BCUT2D eigenvalue weighted by Crippen LogP contribution is 2.27. The van der Waals surface area contributed by atoms with Crippen LogP contribution in [0.25, 0.3) is 21.9 Å². The maximum absolute atomic E-state index is 9.65. The Bertz CT molecular complexity index is 1540. The zero-order chi connectivity index (χ0) is 22.6. The maximum atomic E-state index is 9.65. The van der Waals surface area contributed by atoms with Gasteiger partial charge in [-0.05, 0) is 59.2 Å². The lowest BCUT2D eigenvalue weighted by atomic mass is 10.1. The topological polar surface area (TPSA) is 77.4 Å². The lowest BCUT2D eigenvalue weighted by molar-refractivity contribution is 0.276. The molecule has 6 heteroatoms. The Kier molecular flexibility index (Phi) is 5.54. The predicted octanol–water partition coefficient (Wildman–Crippen LogP) is 4.87. The quantitative estimate of drug-likeness (QED) is 0.408. The molecule has 33 heavy (non-hydrogen) atoms. The van der Waals surface area contributed by atoms with Crippen molar-refractivity contribution in [1.29, 1.82) is 0 Å². The van der Waals surface area contributed by atoms with Gasteiger partial charge < -0.3 is 14.6 Å². The van der Waals surface area contributed by atoms with E-state index in [1.54, 1.807) is 31.5 Å². The van der Waals surface area contributed by atoms with Crippen LogP contribution in [-0.2, 0) is 6.61 Å². The summed E-state index contributed by atoms with van der Waals surface area (Å²) in [5.41, 5.74) is 2.92. The molecule has 0 amide bonds. The van der Waals surface area contributed by atoms with Gasteiger partial charge in [-0.1, -0.05) is 36.3 Å². The zero-order valence-corrected chi connectivity index (χ0v) is 17.8. The van der Waals surface area contributed by atoms with Crippen molar-refractivity contribution >= 4 is 21.9 Å². The van der Waals surface area contributed by atoms with Crippen molar-refractivity contribution in [3.63, 3.8) is 0 Å². The number of aliphatic hydroxyl groups is 1. The van der Waals surface area contributed by atoms with Crippen LogP contribution in [-0.4, -0.2) is 27.2 Å². The Hall–Kier alpha value is -4.47. The van der Waals surface area contributed by atoms with E-state index in [-0.39, 0.29) is 12.5 Å². The van der Waals surface area contributed by atoms with Gasteiger partial charge in [-0.15, -0.1) is 0 Å². The highest BCUT2D eigenvalue weighted by Gasteiger charge is 2.12. The van der Waals surface area contributed by atoms with Crippen LogP contribution in [0.1, 0.15) is 16.8 Å². The highest BCUT2D eigenvalue weighted by atomic mass is 16.5. The zero-order valence-electron chi connectivity index (χ0n) is 17.8. The normalized spacial score (nSPS) is 10.6. The Morgan fingerprint density at radius 1 is 0.879 bits per heavy atom. The maximum Gasteiger partial charge on any atom is 0.255 e. The second-order valence-electron chi connectivity index (χ2n) is 7.27. The second kappa shape index (κ2) is 8.95. The van der Waals surface area contributed by atoms with E-state index < -0.39 is 0 Å². The summed E-state index contributed by atoms with van der Waals surface area (Å²) in [7, 11) is 1.65. The van der Waals surface area contributed by atoms with Gasteiger partial charge in [0, 0.05) is 17.3 Å².